The Morgan fingerprint density at radius 1 is 1.09 bits per heavy atom. The molecule has 2 N–H and O–H groups in total. The van der Waals surface area contributed by atoms with E-state index in [0.29, 0.717) is 48.1 Å². The highest BCUT2D eigenvalue weighted by Gasteiger charge is 2.27. The van der Waals surface area contributed by atoms with Gasteiger partial charge in [0.25, 0.3) is 10.0 Å². The van der Waals surface area contributed by atoms with Crippen LogP contribution in [-0.2, 0) is 14.8 Å². The van der Waals surface area contributed by atoms with Crippen LogP contribution in [0.15, 0.2) is 64.0 Å². The molecule has 0 aliphatic carbocycles. The topological polar surface area (TPSA) is 99.0 Å². The minimum absolute atomic E-state index is 0.0140. The zero-order valence-electron chi connectivity index (χ0n) is 19.0. The zero-order chi connectivity index (χ0) is 24.6. The Balaban J connectivity index is 1.22. The molecule has 2 aromatic carbocycles. The second kappa shape index (κ2) is 9.51. The van der Waals surface area contributed by atoms with Gasteiger partial charge in [-0.05, 0) is 49.4 Å². The monoisotopic (exact) mass is 516 g/mol. The molecule has 1 aromatic heterocycles. The van der Waals surface area contributed by atoms with Gasteiger partial charge in [0, 0.05) is 43.4 Å². The third-order valence-electron chi connectivity index (χ3n) is 6.26. The Labute approximate surface area is 207 Å². The molecule has 1 atom stereocenters. The lowest BCUT2D eigenvalue weighted by Gasteiger charge is -2.37. The molecule has 5 rings (SSSR count). The summed E-state index contributed by atoms with van der Waals surface area (Å²) in [4.78, 5) is 17.2. The average Bonchev–Trinajstić information content (AvgIpc) is 3.54. The molecule has 184 valence electrons. The van der Waals surface area contributed by atoms with Crippen LogP contribution in [0, 0.1) is 5.82 Å². The smallest absolute Gasteiger partial charge is 0.284 e. The van der Waals surface area contributed by atoms with E-state index < -0.39 is 16.1 Å². The number of hydrogen-bond acceptors (Lipinski definition) is 6. The maximum Gasteiger partial charge on any atom is 0.284 e. The largest absolute Gasteiger partial charge is 0.368 e. The first-order valence-electron chi connectivity index (χ1n) is 11.2. The molecule has 0 spiro atoms. The normalized spacial score (nSPS) is 18.7. The van der Waals surface area contributed by atoms with Gasteiger partial charge in [0.2, 0.25) is 5.91 Å². The summed E-state index contributed by atoms with van der Waals surface area (Å²) < 4.78 is 44.7. The minimum Gasteiger partial charge on any atom is -0.368 e. The van der Waals surface area contributed by atoms with E-state index in [1.165, 1.54) is 17.8 Å². The molecule has 9 nitrogen and oxygen atoms in total. The van der Waals surface area contributed by atoms with E-state index in [9.17, 15) is 17.6 Å². The van der Waals surface area contributed by atoms with Gasteiger partial charge < -0.3 is 14.4 Å². The van der Waals surface area contributed by atoms with Crippen molar-refractivity contribution in [3.05, 3.63) is 60.5 Å². The van der Waals surface area contributed by atoms with Gasteiger partial charge in [0.05, 0.1) is 16.3 Å². The highest BCUT2D eigenvalue weighted by Crippen LogP contribution is 2.25. The van der Waals surface area contributed by atoms with Crippen molar-refractivity contribution in [2.45, 2.75) is 17.9 Å². The van der Waals surface area contributed by atoms with Gasteiger partial charge in [-0.2, -0.15) is 8.42 Å². The number of hydrogen-bond donors (Lipinski definition) is 2. The molecule has 2 fully saturated rings. The number of nitrogens with one attached hydrogen (secondary N) is 2. The van der Waals surface area contributed by atoms with Crippen molar-refractivity contribution in [2.75, 3.05) is 37.0 Å². The third kappa shape index (κ3) is 4.73. The molecule has 1 amide bonds. The number of piperazine rings is 1. The number of sulfonamides is 1. The summed E-state index contributed by atoms with van der Waals surface area (Å²) in [6.45, 7) is 4.16. The SMILES string of the molecule is C[C@@H](C(=O)N1CCN(c2ccc(S(=O)(=O)N=C3NNCS3)cc2)CC1)n1ccc2c(F)cccc21. The number of nitrogens with zero attached hydrogens (tertiary/aromatic N) is 4. The van der Waals surface area contributed by atoms with Crippen LogP contribution >= 0.6 is 11.8 Å². The van der Waals surface area contributed by atoms with Gasteiger partial charge in [-0.3, -0.25) is 10.2 Å². The summed E-state index contributed by atoms with van der Waals surface area (Å²) in [5.41, 5.74) is 7.10. The molecule has 0 bridgehead atoms. The average molecular weight is 517 g/mol. The first-order valence-corrected chi connectivity index (χ1v) is 13.6. The number of amides is 1. The Kier molecular flexibility index (Phi) is 6.43. The van der Waals surface area contributed by atoms with Gasteiger partial charge in [0.1, 0.15) is 11.9 Å². The Hall–Kier alpha value is -3.09. The minimum atomic E-state index is -3.79. The number of amidine groups is 1. The number of anilines is 1. The van der Waals surface area contributed by atoms with Crippen LogP contribution in [0.2, 0.25) is 0 Å². The lowest BCUT2D eigenvalue weighted by molar-refractivity contribution is -0.134. The highest BCUT2D eigenvalue weighted by atomic mass is 32.2. The van der Waals surface area contributed by atoms with Gasteiger partial charge in [-0.25, -0.2) is 9.82 Å². The molecule has 3 aromatic rings. The lowest BCUT2D eigenvalue weighted by Crippen LogP contribution is -2.50. The summed E-state index contributed by atoms with van der Waals surface area (Å²) in [6, 6.07) is 12.8. The summed E-state index contributed by atoms with van der Waals surface area (Å²) in [5, 5.41) is 0.825. The summed E-state index contributed by atoms with van der Waals surface area (Å²) >= 11 is 1.28. The number of halogens is 1. The number of hydrazine groups is 1. The molecule has 2 saturated heterocycles. The van der Waals surface area contributed by atoms with Crippen molar-refractivity contribution in [1.29, 1.82) is 0 Å². The molecule has 12 heteroatoms. The van der Waals surface area contributed by atoms with Crippen LogP contribution in [0.1, 0.15) is 13.0 Å². The number of benzene rings is 2. The standard InChI is InChI=1S/C23H25FN6O3S2/c1-16(30-10-9-19-20(24)3-2-4-21(19)30)22(31)29-13-11-28(12-14-29)17-5-7-18(8-6-17)35(32,33)27-23-26-25-15-34-23/h2-10,16,25H,11-15H2,1H3,(H,26,27)/t16-/m0/s1. The maximum atomic E-state index is 14.0. The zero-order valence-corrected chi connectivity index (χ0v) is 20.7. The van der Waals surface area contributed by atoms with E-state index in [-0.39, 0.29) is 16.6 Å². The van der Waals surface area contributed by atoms with E-state index in [1.807, 2.05) is 22.5 Å². The lowest BCUT2D eigenvalue weighted by atomic mass is 10.2. The van der Waals surface area contributed by atoms with Gasteiger partial charge in [-0.15, -0.1) is 4.40 Å². The quantitative estimate of drug-likeness (QED) is 0.538. The maximum absolute atomic E-state index is 14.0. The van der Waals surface area contributed by atoms with Gasteiger partial charge >= 0.3 is 0 Å². The first-order chi connectivity index (χ1) is 16.8. The van der Waals surface area contributed by atoms with Gasteiger partial charge in [-0.1, -0.05) is 17.8 Å². The fourth-order valence-corrected chi connectivity index (χ4v) is 6.13. The number of thioether (sulfide) groups is 1. The van der Waals surface area contributed by atoms with Crippen molar-refractivity contribution in [3.8, 4) is 0 Å². The van der Waals surface area contributed by atoms with Crippen molar-refractivity contribution in [3.63, 3.8) is 0 Å². The third-order valence-corrected chi connectivity index (χ3v) is 8.42. The second-order valence-electron chi connectivity index (χ2n) is 8.34. The number of carbonyl (C=O) groups is 1. The highest BCUT2D eigenvalue weighted by molar-refractivity contribution is 8.14. The van der Waals surface area contributed by atoms with Crippen LogP contribution in [0.4, 0.5) is 10.1 Å². The number of rotatable bonds is 5. The fraction of sp³-hybridized carbons (Fsp3) is 0.304. The number of fused-ring (bicyclic) bond motifs is 1. The van der Waals surface area contributed by atoms with E-state index >= 15 is 0 Å². The van der Waals surface area contributed by atoms with Gasteiger partial charge in [0.15, 0.2) is 5.17 Å². The Morgan fingerprint density at radius 2 is 1.83 bits per heavy atom. The fourth-order valence-electron chi connectivity index (χ4n) is 4.35. The van der Waals surface area contributed by atoms with Crippen LogP contribution < -0.4 is 15.8 Å². The predicted molar refractivity (Wildman–Crippen MR) is 135 cm³/mol. The Bertz CT molecular complexity index is 1370. The molecule has 35 heavy (non-hydrogen) atoms. The Morgan fingerprint density at radius 3 is 2.51 bits per heavy atom. The second-order valence-corrected chi connectivity index (χ2v) is 10.9. The van der Waals surface area contributed by atoms with Crippen LogP contribution in [0.3, 0.4) is 0 Å². The summed E-state index contributed by atoms with van der Waals surface area (Å²) in [6.07, 6.45) is 1.75. The van der Waals surface area contributed by atoms with Crippen LogP contribution in [0.5, 0.6) is 0 Å². The van der Waals surface area contributed by atoms with Crippen molar-refractivity contribution >= 4 is 49.5 Å². The van der Waals surface area contributed by atoms with E-state index in [1.54, 1.807) is 42.6 Å². The number of carbonyl (C=O) groups excluding carboxylic acids is 1. The molecular formula is C23H25FN6O3S2. The summed E-state index contributed by atoms with van der Waals surface area (Å²) in [5.74, 6) is 0.243. The molecule has 0 unspecified atom stereocenters. The predicted octanol–water partition coefficient (Wildman–Crippen LogP) is 2.53. The molecule has 0 radical (unpaired) electrons. The first kappa shape index (κ1) is 23.6. The molecule has 0 saturated carbocycles. The van der Waals surface area contributed by atoms with Crippen LogP contribution in [0.25, 0.3) is 10.9 Å². The van der Waals surface area contributed by atoms with E-state index in [4.69, 9.17) is 0 Å². The molecule has 2 aliphatic heterocycles. The van der Waals surface area contributed by atoms with Crippen molar-refractivity contribution in [1.82, 2.24) is 20.3 Å². The van der Waals surface area contributed by atoms with E-state index in [0.717, 1.165) is 5.69 Å². The number of aromatic nitrogens is 1. The molecule has 2 aliphatic rings. The molecular weight excluding hydrogens is 491 g/mol. The van der Waals surface area contributed by atoms with Crippen LogP contribution in [-0.4, -0.2) is 61.0 Å². The summed E-state index contributed by atoms with van der Waals surface area (Å²) in [7, 11) is -3.79. The van der Waals surface area contributed by atoms with E-state index in [2.05, 4.69) is 20.1 Å². The van der Waals surface area contributed by atoms with Crippen molar-refractivity contribution < 1.29 is 17.6 Å². The van der Waals surface area contributed by atoms with Crippen molar-refractivity contribution in [2.24, 2.45) is 4.40 Å². The molecule has 3 heterocycles.